The lowest BCUT2D eigenvalue weighted by molar-refractivity contribution is 0.206. The summed E-state index contributed by atoms with van der Waals surface area (Å²) in [6.07, 6.45) is 0.801. The van der Waals surface area contributed by atoms with Crippen molar-refractivity contribution in [3.8, 4) is 11.5 Å². The number of fused-ring (bicyclic) bond motifs is 1. The molecule has 0 bridgehead atoms. The van der Waals surface area contributed by atoms with Gasteiger partial charge in [-0.05, 0) is 53.3 Å². The van der Waals surface area contributed by atoms with Crippen LogP contribution in [-0.4, -0.2) is 31.7 Å². The molecule has 1 aliphatic rings. The Bertz CT molecular complexity index is 785. The molecule has 0 radical (unpaired) electrons. The van der Waals surface area contributed by atoms with Gasteiger partial charge >= 0.3 is 6.03 Å². The van der Waals surface area contributed by atoms with E-state index in [4.69, 9.17) is 9.47 Å². The van der Waals surface area contributed by atoms with Crippen LogP contribution in [0.1, 0.15) is 36.5 Å². The molecular formula is C21H26N2O3. The topological polar surface area (TPSA) is 50.8 Å². The Kier molecular flexibility index (Phi) is 5.35. The standard InChI is InChI=1S/C21H26N2O3/c1-14(2)15-5-7-18(8-6-15)22-21(24)23-10-9-16-11-19(25-3)20(26-4)12-17(16)13-23/h5-8,11-12,14H,9-10,13H2,1-4H3,(H,22,24). The van der Waals surface area contributed by atoms with Gasteiger partial charge in [-0.1, -0.05) is 26.0 Å². The van der Waals surface area contributed by atoms with E-state index < -0.39 is 0 Å². The summed E-state index contributed by atoms with van der Waals surface area (Å²) in [6, 6.07) is 11.9. The number of anilines is 1. The summed E-state index contributed by atoms with van der Waals surface area (Å²) in [4.78, 5) is 14.5. The monoisotopic (exact) mass is 354 g/mol. The molecular weight excluding hydrogens is 328 g/mol. The van der Waals surface area contributed by atoms with Gasteiger partial charge < -0.3 is 19.7 Å². The highest BCUT2D eigenvalue weighted by Crippen LogP contribution is 2.33. The molecule has 0 atom stereocenters. The van der Waals surface area contributed by atoms with E-state index in [2.05, 4.69) is 31.3 Å². The van der Waals surface area contributed by atoms with Gasteiger partial charge in [-0.25, -0.2) is 4.79 Å². The minimum absolute atomic E-state index is 0.0808. The number of amides is 2. The third-order valence-electron chi connectivity index (χ3n) is 4.83. The van der Waals surface area contributed by atoms with Crippen LogP contribution in [0.15, 0.2) is 36.4 Å². The molecule has 0 spiro atoms. The Balaban J connectivity index is 1.70. The molecule has 1 N–H and O–H groups in total. The van der Waals surface area contributed by atoms with Gasteiger partial charge in [-0.15, -0.1) is 0 Å². The molecule has 1 aliphatic heterocycles. The van der Waals surface area contributed by atoms with E-state index in [1.165, 1.54) is 11.1 Å². The first-order valence-electron chi connectivity index (χ1n) is 8.91. The predicted molar refractivity (Wildman–Crippen MR) is 103 cm³/mol. The van der Waals surface area contributed by atoms with Crippen molar-refractivity contribution < 1.29 is 14.3 Å². The van der Waals surface area contributed by atoms with Crippen LogP contribution in [0.3, 0.4) is 0 Å². The Morgan fingerprint density at radius 1 is 1.04 bits per heavy atom. The zero-order chi connectivity index (χ0) is 18.7. The number of nitrogens with zero attached hydrogens (tertiary/aromatic N) is 1. The van der Waals surface area contributed by atoms with Crippen molar-refractivity contribution in [1.29, 1.82) is 0 Å². The molecule has 1 heterocycles. The molecule has 138 valence electrons. The van der Waals surface area contributed by atoms with E-state index in [1.54, 1.807) is 14.2 Å². The van der Waals surface area contributed by atoms with E-state index in [0.717, 1.165) is 23.4 Å². The van der Waals surface area contributed by atoms with Crippen molar-refractivity contribution in [2.45, 2.75) is 32.7 Å². The number of hydrogen-bond acceptors (Lipinski definition) is 3. The third-order valence-corrected chi connectivity index (χ3v) is 4.83. The van der Waals surface area contributed by atoms with Gasteiger partial charge in [0.15, 0.2) is 11.5 Å². The van der Waals surface area contributed by atoms with E-state index in [9.17, 15) is 4.79 Å². The average molecular weight is 354 g/mol. The number of rotatable bonds is 4. The molecule has 0 saturated carbocycles. The molecule has 2 aromatic rings. The summed E-state index contributed by atoms with van der Waals surface area (Å²) in [5.41, 5.74) is 4.38. The lowest BCUT2D eigenvalue weighted by Crippen LogP contribution is -2.38. The van der Waals surface area contributed by atoms with Crippen molar-refractivity contribution in [1.82, 2.24) is 4.90 Å². The zero-order valence-corrected chi connectivity index (χ0v) is 15.8. The van der Waals surface area contributed by atoms with Crippen molar-refractivity contribution in [3.05, 3.63) is 53.1 Å². The summed E-state index contributed by atoms with van der Waals surface area (Å²) >= 11 is 0. The van der Waals surface area contributed by atoms with Crippen LogP contribution >= 0.6 is 0 Å². The number of methoxy groups -OCH3 is 2. The van der Waals surface area contributed by atoms with E-state index in [1.807, 2.05) is 29.2 Å². The van der Waals surface area contributed by atoms with E-state index in [0.29, 0.717) is 24.8 Å². The van der Waals surface area contributed by atoms with Crippen LogP contribution in [0, 0.1) is 0 Å². The number of benzene rings is 2. The highest BCUT2D eigenvalue weighted by molar-refractivity contribution is 5.89. The highest BCUT2D eigenvalue weighted by Gasteiger charge is 2.23. The molecule has 5 nitrogen and oxygen atoms in total. The molecule has 2 aromatic carbocycles. The van der Waals surface area contributed by atoms with Gasteiger partial charge in [0.1, 0.15) is 0 Å². The minimum atomic E-state index is -0.0808. The maximum atomic E-state index is 12.6. The first kappa shape index (κ1) is 18.1. The van der Waals surface area contributed by atoms with Crippen molar-refractivity contribution in [2.75, 3.05) is 26.1 Å². The summed E-state index contributed by atoms with van der Waals surface area (Å²) < 4.78 is 10.7. The van der Waals surface area contributed by atoms with E-state index >= 15 is 0 Å². The molecule has 2 amide bonds. The van der Waals surface area contributed by atoms with Gasteiger partial charge in [0.25, 0.3) is 0 Å². The predicted octanol–water partition coefficient (Wildman–Crippen LogP) is 4.42. The second-order valence-electron chi connectivity index (χ2n) is 6.85. The SMILES string of the molecule is COc1cc2c(cc1OC)CN(C(=O)Nc1ccc(C(C)C)cc1)CC2. The van der Waals surface area contributed by atoms with Gasteiger partial charge in [-0.2, -0.15) is 0 Å². The third kappa shape index (κ3) is 3.77. The largest absolute Gasteiger partial charge is 0.493 e. The van der Waals surface area contributed by atoms with Gasteiger partial charge in [0.05, 0.1) is 14.2 Å². The molecule has 0 unspecified atom stereocenters. The Morgan fingerprint density at radius 3 is 2.23 bits per heavy atom. The van der Waals surface area contributed by atoms with Crippen LogP contribution in [-0.2, 0) is 13.0 Å². The summed E-state index contributed by atoms with van der Waals surface area (Å²) in [5.74, 6) is 1.90. The Labute approximate surface area is 154 Å². The number of carbonyl (C=O) groups excluding carboxylic acids is 1. The van der Waals surface area contributed by atoms with Crippen LogP contribution in [0.4, 0.5) is 10.5 Å². The smallest absolute Gasteiger partial charge is 0.322 e. The normalized spacial score (nSPS) is 13.3. The van der Waals surface area contributed by atoms with Gasteiger partial charge in [0.2, 0.25) is 0 Å². The van der Waals surface area contributed by atoms with Crippen LogP contribution in [0.5, 0.6) is 11.5 Å². The summed E-state index contributed by atoms with van der Waals surface area (Å²) in [7, 11) is 3.26. The van der Waals surface area contributed by atoms with Crippen LogP contribution in [0.25, 0.3) is 0 Å². The fourth-order valence-electron chi connectivity index (χ4n) is 3.21. The summed E-state index contributed by atoms with van der Waals surface area (Å²) in [6.45, 7) is 5.55. The number of hydrogen-bond donors (Lipinski definition) is 1. The van der Waals surface area contributed by atoms with Gasteiger partial charge in [0, 0.05) is 18.8 Å². The molecule has 0 fully saturated rings. The first-order valence-corrected chi connectivity index (χ1v) is 8.91. The van der Waals surface area contributed by atoms with Crippen molar-refractivity contribution >= 4 is 11.7 Å². The van der Waals surface area contributed by atoms with E-state index in [-0.39, 0.29) is 6.03 Å². The molecule has 0 saturated heterocycles. The maximum Gasteiger partial charge on any atom is 0.322 e. The fourth-order valence-corrected chi connectivity index (χ4v) is 3.21. The fraction of sp³-hybridized carbons (Fsp3) is 0.381. The number of carbonyl (C=O) groups is 1. The van der Waals surface area contributed by atoms with Crippen molar-refractivity contribution in [2.24, 2.45) is 0 Å². The molecule has 5 heteroatoms. The Hall–Kier alpha value is -2.69. The second kappa shape index (κ2) is 7.68. The van der Waals surface area contributed by atoms with Crippen LogP contribution in [0.2, 0.25) is 0 Å². The Morgan fingerprint density at radius 2 is 1.65 bits per heavy atom. The lowest BCUT2D eigenvalue weighted by Gasteiger charge is -2.29. The first-order chi connectivity index (χ1) is 12.5. The zero-order valence-electron chi connectivity index (χ0n) is 15.8. The van der Waals surface area contributed by atoms with Gasteiger partial charge in [-0.3, -0.25) is 0 Å². The average Bonchev–Trinajstić information content (AvgIpc) is 2.66. The highest BCUT2D eigenvalue weighted by atomic mass is 16.5. The molecule has 0 aromatic heterocycles. The second-order valence-corrected chi connectivity index (χ2v) is 6.85. The number of urea groups is 1. The maximum absolute atomic E-state index is 12.6. The minimum Gasteiger partial charge on any atom is -0.493 e. The summed E-state index contributed by atoms with van der Waals surface area (Å²) in [5, 5.41) is 2.99. The molecule has 3 rings (SSSR count). The quantitative estimate of drug-likeness (QED) is 0.884. The molecule has 0 aliphatic carbocycles. The number of nitrogens with one attached hydrogen (secondary N) is 1. The van der Waals surface area contributed by atoms with Crippen molar-refractivity contribution in [3.63, 3.8) is 0 Å². The lowest BCUT2D eigenvalue weighted by atomic mass is 9.99. The number of ether oxygens (including phenoxy) is 2. The van der Waals surface area contributed by atoms with Crippen LogP contribution < -0.4 is 14.8 Å². The molecule has 26 heavy (non-hydrogen) atoms.